The number of unbranched alkanes of at least 4 members (excludes halogenated alkanes) is 4. The molecule has 3 aromatic rings. The number of esters is 1. The van der Waals surface area contributed by atoms with Crippen LogP contribution in [0.2, 0.25) is 0 Å². The highest BCUT2D eigenvalue weighted by Crippen LogP contribution is 2.25. The Morgan fingerprint density at radius 2 is 1.74 bits per heavy atom. The second kappa shape index (κ2) is 12.0. The zero-order valence-corrected chi connectivity index (χ0v) is 18.1. The third-order valence-electron chi connectivity index (χ3n) is 5.36. The van der Waals surface area contributed by atoms with E-state index in [0.717, 1.165) is 17.7 Å². The van der Waals surface area contributed by atoms with Crippen LogP contribution in [0.3, 0.4) is 0 Å². The van der Waals surface area contributed by atoms with Crippen molar-refractivity contribution in [2.24, 2.45) is 0 Å². The fourth-order valence-corrected chi connectivity index (χ4v) is 3.54. The van der Waals surface area contributed by atoms with Crippen molar-refractivity contribution in [1.29, 1.82) is 0 Å². The molecule has 0 aliphatic carbocycles. The maximum atomic E-state index is 14.7. The Morgan fingerprint density at radius 3 is 2.45 bits per heavy atom. The van der Waals surface area contributed by atoms with Crippen molar-refractivity contribution in [3.8, 4) is 11.1 Å². The Kier molecular flexibility index (Phi) is 8.77. The third-order valence-corrected chi connectivity index (χ3v) is 5.36. The summed E-state index contributed by atoms with van der Waals surface area (Å²) in [6, 6.07) is 18.1. The summed E-state index contributed by atoms with van der Waals surface area (Å²) in [5.74, 6) is -0.953. The van der Waals surface area contributed by atoms with Crippen molar-refractivity contribution in [3.05, 3.63) is 89.5 Å². The topological polar surface area (TPSA) is 39.2 Å². The molecule has 4 heteroatoms. The van der Waals surface area contributed by atoms with Crippen LogP contribution >= 0.6 is 0 Å². The van der Waals surface area contributed by atoms with Gasteiger partial charge in [-0.3, -0.25) is 4.98 Å². The number of hydrogen-bond acceptors (Lipinski definition) is 3. The van der Waals surface area contributed by atoms with Gasteiger partial charge in [-0.2, -0.15) is 0 Å². The average Bonchev–Trinajstić information content (AvgIpc) is 2.80. The van der Waals surface area contributed by atoms with Crippen molar-refractivity contribution in [2.45, 2.75) is 51.9 Å². The van der Waals surface area contributed by atoms with Gasteiger partial charge in [0.25, 0.3) is 0 Å². The molecular weight excluding hydrogens is 389 g/mol. The summed E-state index contributed by atoms with van der Waals surface area (Å²) >= 11 is 0. The predicted molar refractivity (Wildman–Crippen MR) is 123 cm³/mol. The van der Waals surface area contributed by atoms with E-state index in [-0.39, 0.29) is 12.2 Å². The molecule has 162 valence electrons. The van der Waals surface area contributed by atoms with Gasteiger partial charge in [0.2, 0.25) is 0 Å². The van der Waals surface area contributed by atoms with E-state index in [4.69, 9.17) is 4.74 Å². The van der Waals surface area contributed by atoms with Gasteiger partial charge in [-0.1, -0.05) is 69.0 Å². The summed E-state index contributed by atoms with van der Waals surface area (Å²) in [4.78, 5) is 16.4. The molecular formula is C27H30FNO2. The highest BCUT2D eigenvalue weighted by Gasteiger charge is 2.12. The van der Waals surface area contributed by atoms with Crippen LogP contribution in [-0.4, -0.2) is 17.6 Å². The highest BCUT2D eigenvalue weighted by atomic mass is 19.1. The molecule has 2 aromatic carbocycles. The molecule has 0 amide bonds. The van der Waals surface area contributed by atoms with Gasteiger partial charge in [-0.25, -0.2) is 9.18 Å². The summed E-state index contributed by atoms with van der Waals surface area (Å²) in [5.41, 5.74) is 3.63. The number of halogens is 1. The van der Waals surface area contributed by atoms with Gasteiger partial charge in [0.15, 0.2) is 0 Å². The summed E-state index contributed by atoms with van der Waals surface area (Å²) in [7, 11) is 0. The summed E-state index contributed by atoms with van der Waals surface area (Å²) < 4.78 is 20.0. The molecule has 0 bridgehead atoms. The lowest BCUT2D eigenvalue weighted by molar-refractivity contribution is 0.0508. The Labute approximate surface area is 184 Å². The van der Waals surface area contributed by atoms with E-state index >= 15 is 0 Å². The van der Waals surface area contributed by atoms with Crippen molar-refractivity contribution in [3.63, 3.8) is 0 Å². The molecule has 3 rings (SSSR count). The largest absolute Gasteiger partial charge is 0.462 e. The van der Waals surface area contributed by atoms with E-state index in [1.807, 2.05) is 30.3 Å². The fourth-order valence-electron chi connectivity index (χ4n) is 3.54. The van der Waals surface area contributed by atoms with Crippen molar-refractivity contribution < 1.29 is 13.9 Å². The van der Waals surface area contributed by atoms with Crippen LogP contribution in [0.4, 0.5) is 4.39 Å². The number of pyridine rings is 1. The SMILES string of the molecule is CCCCCCCc1ccc(-c2ccc(C(=O)OCCc3ccccn3)cc2F)cc1. The van der Waals surface area contributed by atoms with Gasteiger partial charge in [0, 0.05) is 23.9 Å². The molecule has 3 nitrogen and oxygen atoms in total. The number of ether oxygens (including phenoxy) is 1. The predicted octanol–water partition coefficient (Wildman–Crippen LogP) is 6.80. The molecule has 0 unspecified atom stereocenters. The Hall–Kier alpha value is -3.01. The lowest BCUT2D eigenvalue weighted by Crippen LogP contribution is -2.09. The number of carbonyl (C=O) groups is 1. The normalized spacial score (nSPS) is 10.8. The highest BCUT2D eigenvalue weighted by molar-refractivity contribution is 5.90. The quantitative estimate of drug-likeness (QED) is 0.253. The van der Waals surface area contributed by atoms with Gasteiger partial charge in [0.1, 0.15) is 5.82 Å². The zero-order valence-electron chi connectivity index (χ0n) is 18.1. The molecule has 0 saturated carbocycles. The Balaban J connectivity index is 1.54. The smallest absolute Gasteiger partial charge is 0.338 e. The first-order valence-corrected chi connectivity index (χ1v) is 11.1. The van der Waals surface area contributed by atoms with Gasteiger partial charge in [0.05, 0.1) is 12.2 Å². The second-order valence-electron chi connectivity index (χ2n) is 7.76. The van der Waals surface area contributed by atoms with Crippen molar-refractivity contribution in [1.82, 2.24) is 4.98 Å². The number of nitrogens with zero attached hydrogens (tertiary/aromatic N) is 1. The number of rotatable bonds is 11. The Bertz CT molecular complexity index is 955. The van der Waals surface area contributed by atoms with Crippen LogP contribution in [0, 0.1) is 5.82 Å². The minimum Gasteiger partial charge on any atom is -0.462 e. The van der Waals surface area contributed by atoms with E-state index in [0.29, 0.717) is 12.0 Å². The van der Waals surface area contributed by atoms with Gasteiger partial charge in [-0.15, -0.1) is 0 Å². The molecule has 0 aliphatic rings. The van der Waals surface area contributed by atoms with E-state index in [1.54, 1.807) is 18.3 Å². The summed E-state index contributed by atoms with van der Waals surface area (Å²) in [5, 5.41) is 0. The fraction of sp³-hybridized carbons (Fsp3) is 0.333. The van der Waals surface area contributed by atoms with Crippen LogP contribution in [0.1, 0.15) is 60.6 Å². The first-order chi connectivity index (χ1) is 15.2. The number of hydrogen-bond donors (Lipinski definition) is 0. The minimum atomic E-state index is -0.528. The van der Waals surface area contributed by atoms with Crippen LogP contribution in [-0.2, 0) is 17.6 Å². The first-order valence-electron chi connectivity index (χ1n) is 11.1. The van der Waals surface area contributed by atoms with Crippen molar-refractivity contribution >= 4 is 5.97 Å². The molecule has 1 aromatic heterocycles. The Morgan fingerprint density at radius 1 is 0.935 bits per heavy atom. The molecule has 0 saturated heterocycles. The van der Waals surface area contributed by atoms with Crippen LogP contribution in [0.15, 0.2) is 66.9 Å². The van der Waals surface area contributed by atoms with Crippen LogP contribution in [0.25, 0.3) is 11.1 Å². The maximum absolute atomic E-state index is 14.7. The molecule has 0 radical (unpaired) electrons. The number of benzene rings is 2. The molecule has 0 aliphatic heterocycles. The zero-order chi connectivity index (χ0) is 21.9. The van der Waals surface area contributed by atoms with Crippen molar-refractivity contribution in [2.75, 3.05) is 6.61 Å². The summed E-state index contributed by atoms with van der Waals surface area (Å²) in [6.45, 7) is 2.43. The summed E-state index contributed by atoms with van der Waals surface area (Å²) in [6.07, 6.45) is 9.55. The average molecular weight is 420 g/mol. The minimum absolute atomic E-state index is 0.207. The molecule has 0 fully saturated rings. The molecule has 0 N–H and O–H groups in total. The number of aromatic nitrogens is 1. The van der Waals surface area contributed by atoms with E-state index in [1.165, 1.54) is 43.7 Å². The molecule has 0 spiro atoms. The molecule has 31 heavy (non-hydrogen) atoms. The van der Waals surface area contributed by atoms with Crippen LogP contribution in [0.5, 0.6) is 0 Å². The van der Waals surface area contributed by atoms with Gasteiger partial charge < -0.3 is 4.74 Å². The van der Waals surface area contributed by atoms with Crippen LogP contribution < -0.4 is 0 Å². The lowest BCUT2D eigenvalue weighted by atomic mass is 9.99. The second-order valence-corrected chi connectivity index (χ2v) is 7.76. The van der Waals surface area contributed by atoms with E-state index in [2.05, 4.69) is 24.0 Å². The first kappa shape index (κ1) is 22.7. The van der Waals surface area contributed by atoms with Gasteiger partial charge in [-0.05, 0) is 48.2 Å². The monoisotopic (exact) mass is 419 g/mol. The van der Waals surface area contributed by atoms with Gasteiger partial charge >= 0.3 is 5.97 Å². The number of carbonyl (C=O) groups excluding carboxylic acids is 1. The van der Waals surface area contributed by atoms with E-state index < -0.39 is 11.8 Å². The lowest BCUT2D eigenvalue weighted by Gasteiger charge is -2.08. The molecule has 0 atom stereocenters. The maximum Gasteiger partial charge on any atom is 0.338 e. The van der Waals surface area contributed by atoms with E-state index in [9.17, 15) is 9.18 Å². The third kappa shape index (κ3) is 7.02. The number of aryl methyl sites for hydroxylation is 1. The molecule has 1 heterocycles. The standard InChI is InChI=1S/C27H30FNO2/c1-2-3-4-5-6-9-21-11-13-22(14-12-21)25-16-15-23(20-26(25)28)27(30)31-19-17-24-10-7-8-18-29-24/h7-8,10-16,18,20H,2-6,9,17,19H2,1H3.